The summed E-state index contributed by atoms with van der Waals surface area (Å²) in [6.07, 6.45) is 8.49. The SMILES string of the molecule is COc1ccc(CN(CCN(C)CCNC(=N)N(C#N)CCCOc2cccc(CN3CCCCC3)c2)c2ccccn2)cc1. The van der Waals surface area contributed by atoms with E-state index in [1.807, 2.05) is 48.7 Å². The molecule has 45 heavy (non-hydrogen) atoms. The van der Waals surface area contributed by atoms with Crippen LogP contribution in [0, 0.1) is 16.9 Å². The molecule has 3 aromatic rings. The third-order valence-corrected chi connectivity index (χ3v) is 7.98. The molecule has 1 aliphatic rings. The highest BCUT2D eigenvalue weighted by Crippen LogP contribution is 2.19. The van der Waals surface area contributed by atoms with E-state index in [9.17, 15) is 5.26 Å². The fourth-order valence-electron chi connectivity index (χ4n) is 5.36. The number of likely N-dealkylation sites (N-methyl/N-ethyl adjacent to an activating group) is 1. The first-order chi connectivity index (χ1) is 22.0. The quantitative estimate of drug-likeness (QED) is 0.0732. The van der Waals surface area contributed by atoms with E-state index < -0.39 is 0 Å². The van der Waals surface area contributed by atoms with Gasteiger partial charge in [-0.25, -0.2) is 9.88 Å². The minimum absolute atomic E-state index is 0.115. The summed E-state index contributed by atoms with van der Waals surface area (Å²) in [5, 5.41) is 21.1. The number of hydrogen-bond acceptors (Lipinski definition) is 8. The van der Waals surface area contributed by atoms with Crippen LogP contribution in [0.3, 0.4) is 0 Å². The predicted octanol–water partition coefficient (Wildman–Crippen LogP) is 4.79. The Labute approximate surface area is 268 Å². The molecule has 0 bridgehead atoms. The Kier molecular flexibility index (Phi) is 13.8. The molecule has 0 unspecified atom stereocenters. The molecular formula is C35H48N8O2. The lowest BCUT2D eigenvalue weighted by molar-refractivity contribution is 0.220. The Morgan fingerprint density at radius 2 is 1.78 bits per heavy atom. The highest BCUT2D eigenvalue weighted by Gasteiger charge is 2.13. The van der Waals surface area contributed by atoms with Crippen LogP contribution >= 0.6 is 0 Å². The lowest BCUT2D eigenvalue weighted by Gasteiger charge is -2.27. The first-order valence-electron chi connectivity index (χ1n) is 16.0. The van der Waals surface area contributed by atoms with Gasteiger partial charge in [-0.2, -0.15) is 5.26 Å². The number of likely N-dealkylation sites (tertiary alicyclic amines) is 1. The van der Waals surface area contributed by atoms with Gasteiger partial charge in [0.1, 0.15) is 17.3 Å². The van der Waals surface area contributed by atoms with Crippen molar-refractivity contribution < 1.29 is 9.47 Å². The molecule has 2 heterocycles. The molecule has 0 atom stereocenters. The molecule has 1 saturated heterocycles. The summed E-state index contributed by atoms with van der Waals surface area (Å²) in [6.45, 7) is 7.87. The van der Waals surface area contributed by atoms with Gasteiger partial charge in [0.15, 0.2) is 6.19 Å². The number of benzene rings is 2. The zero-order valence-electron chi connectivity index (χ0n) is 26.8. The van der Waals surface area contributed by atoms with E-state index in [4.69, 9.17) is 14.9 Å². The molecular weight excluding hydrogens is 564 g/mol. The van der Waals surface area contributed by atoms with Gasteiger partial charge in [-0.05, 0) is 80.5 Å². The molecule has 0 radical (unpaired) electrons. The summed E-state index contributed by atoms with van der Waals surface area (Å²) >= 11 is 0. The maximum Gasteiger partial charge on any atom is 0.204 e. The maximum atomic E-state index is 9.64. The van der Waals surface area contributed by atoms with Crippen LogP contribution in [0.5, 0.6) is 11.5 Å². The van der Waals surface area contributed by atoms with Gasteiger partial charge in [-0.3, -0.25) is 10.3 Å². The molecule has 4 rings (SSSR count). The van der Waals surface area contributed by atoms with Crippen molar-refractivity contribution in [1.82, 2.24) is 25.0 Å². The second-order valence-electron chi connectivity index (χ2n) is 11.5. The first-order valence-corrected chi connectivity index (χ1v) is 16.0. The van der Waals surface area contributed by atoms with E-state index in [2.05, 4.69) is 62.5 Å². The van der Waals surface area contributed by atoms with Crippen molar-refractivity contribution in [2.45, 2.75) is 38.8 Å². The minimum Gasteiger partial charge on any atom is -0.497 e. The van der Waals surface area contributed by atoms with Crippen LogP contribution in [0.4, 0.5) is 5.82 Å². The van der Waals surface area contributed by atoms with E-state index in [0.29, 0.717) is 26.1 Å². The molecule has 1 fully saturated rings. The van der Waals surface area contributed by atoms with Crippen molar-refractivity contribution in [3.05, 3.63) is 84.1 Å². The van der Waals surface area contributed by atoms with Gasteiger partial charge in [-0.1, -0.05) is 36.8 Å². The highest BCUT2D eigenvalue weighted by molar-refractivity contribution is 5.78. The number of rotatable bonds is 17. The number of nitrogens with one attached hydrogen (secondary N) is 2. The number of methoxy groups -OCH3 is 1. The van der Waals surface area contributed by atoms with E-state index in [0.717, 1.165) is 50.0 Å². The predicted molar refractivity (Wildman–Crippen MR) is 180 cm³/mol. The Balaban J connectivity index is 1.14. The van der Waals surface area contributed by atoms with Crippen LogP contribution in [0.2, 0.25) is 0 Å². The fourth-order valence-corrected chi connectivity index (χ4v) is 5.36. The second kappa shape index (κ2) is 18.5. The Bertz CT molecular complexity index is 1330. The minimum atomic E-state index is 0.115. The Morgan fingerprint density at radius 3 is 2.51 bits per heavy atom. The molecule has 2 aromatic carbocycles. The van der Waals surface area contributed by atoms with Gasteiger partial charge in [0, 0.05) is 58.4 Å². The number of nitriles is 1. The van der Waals surface area contributed by atoms with E-state index >= 15 is 0 Å². The van der Waals surface area contributed by atoms with Gasteiger partial charge in [0.2, 0.25) is 5.96 Å². The van der Waals surface area contributed by atoms with Crippen LogP contribution in [0.1, 0.15) is 36.8 Å². The summed E-state index contributed by atoms with van der Waals surface area (Å²) in [5.41, 5.74) is 2.45. The van der Waals surface area contributed by atoms with Crippen molar-refractivity contribution in [1.29, 1.82) is 10.7 Å². The van der Waals surface area contributed by atoms with Gasteiger partial charge >= 0.3 is 0 Å². The average Bonchev–Trinajstić information content (AvgIpc) is 3.08. The molecule has 0 amide bonds. The largest absolute Gasteiger partial charge is 0.497 e. The topological polar surface area (TPSA) is 104 Å². The second-order valence-corrected chi connectivity index (χ2v) is 11.5. The van der Waals surface area contributed by atoms with Crippen LogP contribution in [-0.2, 0) is 13.1 Å². The van der Waals surface area contributed by atoms with Crippen LogP contribution < -0.4 is 19.7 Å². The highest BCUT2D eigenvalue weighted by atomic mass is 16.5. The summed E-state index contributed by atoms with van der Waals surface area (Å²) in [5.74, 6) is 2.74. The normalized spacial score (nSPS) is 13.2. The molecule has 1 aromatic heterocycles. The van der Waals surface area contributed by atoms with Crippen LogP contribution in [-0.4, -0.2) is 92.2 Å². The van der Waals surface area contributed by atoms with E-state index in [1.54, 1.807) is 7.11 Å². The van der Waals surface area contributed by atoms with Crippen molar-refractivity contribution in [2.75, 3.05) is 71.5 Å². The average molecular weight is 613 g/mol. The first kappa shape index (κ1) is 33.6. The lowest BCUT2D eigenvalue weighted by Crippen LogP contribution is -2.42. The summed E-state index contributed by atoms with van der Waals surface area (Å²) in [4.78, 5) is 12.9. The number of hydrogen-bond donors (Lipinski definition) is 2. The standard InChI is InChI=1S/C35H48N8O2/c1-40(23-24-42(34-12-4-5-17-38-34)28-30-13-15-32(44-2)16-14-30)22-18-39-35(37)43(29-36)21-9-25-45-33-11-8-10-31(26-33)27-41-19-6-3-7-20-41/h4-5,8,10-17,26H,3,6-7,9,18-25,27-28H2,1-2H3,(H2,37,39). The summed E-state index contributed by atoms with van der Waals surface area (Å²) in [6, 6.07) is 22.4. The number of ether oxygens (including phenoxy) is 2. The van der Waals surface area contributed by atoms with Crippen molar-refractivity contribution in [3.8, 4) is 17.7 Å². The zero-order chi connectivity index (χ0) is 31.7. The number of guanidine groups is 1. The molecule has 0 aliphatic carbocycles. The van der Waals surface area contributed by atoms with Crippen molar-refractivity contribution in [3.63, 3.8) is 0 Å². The van der Waals surface area contributed by atoms with Gasteiger partial charge in [0.25, 0.3) is 0 Å². The number of piperidine rings is 1. The Hall–Kier alpha value is -4.33. The van der Waals surface area contributed by atoms with Gasteiger partial charge < -0.3 is 24.6 Å². The van der Waals surface area contributed by atoms with E-state index in [-0.39, 0.29) is 5.96 Å². The lowest BCUT2D eigenvalue weighted by atomic mass is 10.1. The molecule has 1 aliphatic heterocycles. The fraction of sp³-hybridized carbons (Fsp3) is 0.457. The molecule has 10 heteroatoms. The summed E-state index contributed by atoms with van der Waals surface area (Å²) in [7, 11) is 3.74. The molecule has 10 nitrogen and oxygen atoms in total. The maximum absolute atomic E-state index is 9.64. The molecule has 0 saturated carbocycles. The third-order valence-electron chi connectivity index (χ3n) is 7.98. The summed E-state index contributed by atoms with van der Waals surface area (Å²) < 4.78 is 11.3. The van der Waals surface area contributed by atoms with Crippen LogP contribution in [0.25, 0.3) is 0 Å². The van der Waals surface area contributed by atoms with Crippen molar-refractivity contribution in [2.24, 2.45) is 0 Å². The van der Waals surface area contributed by atoms with Crippen LogP contribution in [0.15, 0.2) is 72.9 Å². The molecule has 240 valence electrons. The third kappa shape index (κ3) is 11.6. The van der Waals surface area contributed by atoms with E-state index in [1.165, 1.54) is 48.4 Å². The number of anilines is 1. The monoisotopic (exact) mass is 612 g/mol. The molecule has 0 spiro atoms. The van der Waals surface area contributed by atoms with Crippen molar-refractivity contribution >= 4 is 11.8 Å². The zero-order valence-corrected chi connectivity index (χ0v) is 26.8. The molecule has 2 N–H and O–H groups in total. The Morgan fingerprint density at radius 1 is 0.956 bits per heavy atom. The van der Waals surface area contributed by atoms with Gasteiger partial charge in [-0.15, -0.1) is 0 Å². The smallest absolute Gasteiger partial charge is 0.204 e. The number of pyridine rings is 1. The number of nitrogens with zero attached hydrogens (tertiary/aromatic N) is 6. The number of aromatic nitrogens is 1. The van der Waals surface area contributed by atoms with Gasteiger partial charge in [0.05, 0.1) is 13.7 Å².